The maximum atomic E-state index is 4.32. The van der Waals surface area contributed by atoms with Crippen molar-refractivity contribution in [2.75, 3.05) is 4.31 Å². The molecule has 2 aromatic heterocycles. The molecule has 2 nitrogen and oxygen atoms in total. The fourth-order valence-electron chi connectivity index (χ4n) is 1.39. The van der Waals surface area contributed by atoms with Gasteiger partial charge in [-0.15, -0.1) is 11.3 Å². The van der Waals surface area contributed by atoms with Gasteiger partial charge in [0.25, 0.3) is 0 Å². The van der Waals surface area contributed by atoms with Crippen LogP contribution >= 0.6 is 23.3 Å². The average Bonchev–Trinajstić information content (AvgIpc) is 2.77. The van der Waals surface area contributed by atoms with Gasteiger partial charge in [-0.05, 0) is 41.6 Å². The third-order valence-electron chi connectivity index (χ3n) is 2.09. The van der Waals surface area contributed by atoms with Crippen LogP contribution in [0.15, 0.2) is 46.9 Å². The van der Waals surface area contributed by atoms with Crippen LogP contribution in [0.25, 0.3) is 6.08 Å². The predicted octanol–water partition coefficient (Wildman–Crippen LogP) is 3.64. The van der Waals surface area contributed by atoms with Crippen LogP contribution in [0.1, 0.15) is 4.88 Å². The van der Waals surface area contributed by atoms with Gasteiger partial charge in [-0.2, -0.15) is 0 Å². The van der Waals surface area contributed by atoms with Gasteiger partial charge in [-0.3, -0.25) is 4.31 Å². The smallest absolute Gasteiger partial charge is 0.142 e. The van der Waals surface area contributed by atoms with Crippen molar-refractivity contribution in [1.82, 2.24) is 4.98 Å². The van der Waals surface area contributed by atoms with Crippen molar-refractivity contribution in [3.63, 3.8) is 0 Å². The lowest BCUT2D eigenvalue weighted by Gasteiger charge is -2.20. The summed E-state index contributed by atoms with van der Waals surface area (Å²) in [4.78, 5) is 6.94. The lowest BCUT2D eigenvalue weighted by atomic mass is 10.4. The molecule has 0 aliphatic carbocycles. The number of hydrogen-bond donors (Lipinski definition) is 0. The van der Waals surface area contributed by atoms with Gasteiger partial charge < -0.3 is 0 Å². The van der Waals surface area contributed by atoms with Crippen molar-refractivity contribution in [1.29, 1.82) is 0 Å². The molecule has 0 aromatic carbocycles. The molecule has 0 amide bonds. The molecule has 0 spiro atoms. The van der Waals surface area contributed by atoms with Gasteiger partial charge in [-0.1, -0.05) is 6.07 Å². The van der Waals surface area contributed by atoms with Crippen molar-refractivity contribution in [3.8, 4) is 0 Å². The molecule has 0 saturated heterocycles. The quantitative estimate of drug-likeness (QED) is 0.698. The molecule has 0 N–H and O–H groups in total. The first-order valence-corrected chi connectivity index (χ1v) is 6.23. The van der Waals surface area contributed by atoms with Crippen molar-refractivity contribution in [3.05, 3.63) is 46.9 Å². The fraction of sp³-hybridized carbons (Fsp3) is 0. The summed E-state index contributed by atoms with van der Waals surface area (Å²) >= 11 is 3.48. The zero-order valence-corrected chi connectivity index (χ0v) is 9.46. The lowest BCUT2D eigenvalue weighted by Crippen LogP contribution is -2.08. The fourth-order valence-corrected chi connectivity index (χ4v) is 3.22. The van der Waals surface area contributed by atoms with Crippen LogP contribution in [-0.4, -0.2) is 4.98 Å². The summed E-state index contributed by atoms with van der Waals surface area (Å²) < 4.78 is 2.08. The Morgan fingerprint density at radius 1 is 1.20 bits per heavy atom. The highest BCUT2D eigenvalue weighted by molar-refractivity contribution is 8.01. The van der Waals surface area contributed by atoms with E-state index in [1.807, 2.05) is 24.4 Å². The van der Waals surface area contributed by atoms with E-state index in [2.05, 4.69) is 33.0 Å². The first-order valence-electron chi connectivity index (χ1n) is 4.57. The third kappa shape index (κ3) is 1.66. The molecule has 0 saturated carbocycles. The number of fused-ring (bicyclic) bond motifs is 1. The van der Waals surface area contributed by atoms with Gasteiger partial charge >= 0.3 is 0 Å². The van der Waals surface area contributed by atoms with E-state index in [0.29, 0.717) is 0 Å². The van der Waals surface area contributed by atoms with E-state index in [1.54, 1.807) is 23.3 Å². The van der Waals surface area contributed by atoms with Crippen LogP contribution in [0.2, 0.25) is 0 Å². The number of nitrogens with zero attached hydrogens (tertiary/aromatic N) is 2. The molecule has 4 heteroatoms. The van der Waals surface area contributed by atoms with Gasteiger partial charge in [-0.25, -0.2) is 4.98 Å². The zero-order chi connectivity index (χ0) is 10.1. The molecule has 74 valence electrons. The molecule has 1 aliphatic heterocycles. The highest BCUT2D eigenvalue weighted by Gasteiger charge is 2.14. The van der Waals surface area contributed by atoms with Gasteiger partial charge in [0.1, 0.15) is 5.82 Å². The zero-order valence-electron chi connectivity index (χ0n) is 7.83. The Morgan fingerprint density at radius 3 is 3.07 bits per heavy atom. The molecule has 2 aromatic rings. The Kier molecular flexibility index (Phi) is 2.23. The second-order valence-electron chi connectivity index (χ2n) is 3.07. The standard InChI is InChI=1S/C11H8N2S2/c1-2-6-12-11(3-1)13-7-4-9-10(15-13)5-8-14-9/h1-8H. The Morgan fingerprint density at radius 2 is 2.20 bits per heavy atom. The lowest BCUT2D eigenvalue weighted by molar-refractivity contribution is 1.25. The van der Waals surface area contributed by atoms with E-state index in [0.717, 1.165) is 5.82 Å². The van der Waals surface area contributed by atoms with Crippen molar-refractivity contribution in [2.24, 2.45) is 0 Å². The van der Waals surface area contributed by atoms with E-state index < -0.39 is 0 Å². The summed E-state index contributed by atoms with van der Waals surface area (Å²) in [5, 5.41) is 2.12. The van der Waals surface area contributed by atoms with Crippen LogP contribution < -0.4 is 4.31 Å². The van der Waals surface area contributed by atoms with Gasteiger partial charge in [0.2, 0.25) is 0 Å². The highest BCUT2D eigenvalue weighted by atomic mass is 32.2. The summed E-state index contributed by atoms with van der Waals surface area (Å²) in [7, 11) is 0. The number of thiophene rings is 1. The minimum atomic E-state index is 0.968. The summed E-state index contributed by atoms with van der Waals surface area (Å²) in [6.45, 7) is 0. The maximum absolute atomic E-state index is 4.32. The number of aromatic nitrogens is 1. The topological polar surface area (TPSA) is 16.1 Å². The number of anilines is 1. The Hall–Kier alpha value is -1.26. The Labute approximate surface area is 96.4 Å². The number of rotatable bonds is 1. The monoisotopic (exact) mass is 232 g/mol. The first-order chi connectivity index (χ1) is 7.43. The minimum Gasteiger partial charge on any atom is -0.271 e. The summed E-state index contributed by atoms with van der Waals surface area (Å²) in [6, 6.07) is 8.08. The largest absolute Gasteiger partial charge is 0.271 e. The normalized spacial score (nSPS) is 14.0. The molecule has 0 atom stereocenters. The van der Waals surface area contributed by atoms with Crippen LogP contribution in [0.4, 0.5) is 5.82 Å². The second-order valence-corrected chi connectivity index (χ2v) is 5.03. The second kappa shape index (κ2) is 3.72. The molecular formula is C11H8N2S2. The van der Waals surface area contributed by atoms with Crippen LogP contribution in [-0.2, 0) is 0 Å². The summed E-state index contributed by atoms with van der Waals surface area (Å²) in [5.41, 5.74) is 0. The SMILES string of the molecule is C1=CN(c2ccccn2)Sc2ccsc21. The number of pyridine rings is 1. The van der Waals surface area contributed by atoms with E-state index in [-0.39, 0.29) is 0 Å². The Balaban J connectivity index is 1.94. The van der Waals surface area contributed by atoms with Crippen molar-refractivity contribution in [2.45, 2.75) is 4.90 Å². The average molecular weight is 232 g/mol. The molecule has 0 radical (unpaired) electrons. The van der Waals surface area contributed by atoms with Crippen molar-refractivity contribution >= 4 is 35.2 Å². The minimum absolute atomic E-state index is 0.968. The summed E-state index contributed by atoms with van der Waals surface area (Å²) in [5.74, 6) is 0.968. The predicted molar refractivity (Wildman–Crippen MR) is 65.9 cm³/mol. The van der Waals surface area contributed by atoms with Crippen molar-refractivity contribution < 1.29 is 0 Å². The molecule has 3 rings (SSSR count). The van der Waals surface area contributed by atoms with Gasteiger partial charge in [0.05, 0.1) is 0 Å². The summed E-state index contributed by atoms with van der Waals surface area (Å²) in [6.07, 6.45) is 6.00. The Bertz CT molecular complexity index is 490. The van der Waals surface area contributed by atoms with Gasteiger partial charge in [0, 0.05) is 22.2 Å². The van der Waals surface area contributed by atoms with E-state index >= 15 is 0 Å². The molecule has 0 bridgehead atoms. The van der Waals surface area contributed by atoms with E-state index in [4.69, 9.17) is 0 Å². The van der Waals surface area contributed by atoms with Gasteiger partial charge in [0.15, 0.2) is 0 Å². The molecule has 3 heterocycles. The maximum Gasteiger partial charge on any atom is 0.142 e. The van der Waals surface area contributed by atoms with Crippen LogP contribution in [0.3, 0.4) is 0 Å². The van der Waals surface area contributed by atoms with Crippen LogP contribution in [0, 0.1) is 0 Å². The van der Waals surface area contributed by atoms with E-state index in [1.165, 1.54) is 9.77 Å². The highest BCUT2D eigenvalue weighted by Crippen LogP contribution is 2.37. The number of hydrogen-bond acceptors (Lipinski definition) is 4. The molecular weight excluding hydrogens is 224 g/mol. The first kappa shape index (κ1) is 9.00. The third-order valence-corrected chi connectivity index (χ3v) is 4.16. The van der Waals surface area contributed by atoms with Crippen LogP contribution in [0.5, 0.6) is 0 Å². The molecule has 0 unspecified atom stereocenters. The molecule has 0 fully saturated rings. The molecule has 15 heavy (non-hydrogen) atoms. The molecule has 1 aliphatic rings. The van der Waals surface area contributed by atoms with E-state index in [9.17, 15) is 0 Å².